The second-order valence-electron chi connectivity index (χ2n) is 4.56. The molecule has 0 saturated heterocycles. The number of nitrogens with two attached hydrogens (primary N) is 1. The van der Waals surface area contributed by atoms with Crippen LogP contribution in [-0.2, 0) is 12.3 Å². The van der Waals surface area contributed by atoms with E-state index in [1.54, 1.807) is 6.07 Å². The van der Waals surface area contributed by atoms with Crippen LogP contribution in [0.2, 0.25) is 0 Å². The van der Waals surface area contributed by atoms with E-state index in [1.165, 1.54) is 31.2 Å². The Balaban J connectivity index is 0.000000293. The number of carbonyl (C=O) groups excluding carboxylic acids is 1. The zero-order chi connectivity index (χ0) is 19.2. The summed E-state index contributed by atoms with van der Waals surface area (Å²) in [6.07, 6.45) is 0. The van der Waals surface area contributed by atoms with Gasteiger partial charge in [0, 0.05) is 0 Å². The number of hydrogen-bond acceptors (Lipinski definition) is 7. The summed E-state index contributed by atoms with van der Waals surface area (Å²) in [6, 6.07) is 7.22. The third kappa shape index (κ3) is 5.95. The monoisotopic (exact) mass is 432 g/mol. The summed E-state index contributed by atoms with van der Waals surface area (Å²) in [5.74, 6) is -1.74. The van der Waals surface area contributed by atoms with Gasteiger partial charge in [0.15, 0.2) is 0 Å². The molecule has 2 aromatic rings. The standard InChI is InChI=1S/C9H12AsNO5.C5H5NO2S/c1-6(12)11-8-5-3-4-7(9(8)13)10(14,15)16-2;6-4-2-1-3(9-4)5(7)8/h3-5,13H,1-2H3,(H,11,12)(H,14,15);1-2H,6H2,(H,7,8). The Kier molecular flexibility index (Phi) is 7.25. The summed E-state index contributed by atoms with van der Waals surface area (Å²) in [4.78, 5) is 21.3. The fourth-order valence-electron chi connectivity index (χ4n) is 1.62. The number of carbonyl (C=O) groups is 2. The van der Waals surface area contributed by atoms with Crippen LogP contribution in [-0.4, -0.2) is 47.5 Å². The molecule has 0 radical (unpaired) electrons. The number of aromatic hydroxyl groups is 1. The number of thiophene rings is 1. The van der Waals surface area contributed by atoms with Crippen LogP contribution >= 0.6 is 11.3 Å². The molecule has 0 spiro atoms. The maximum absolute atomic E-state index is 11.6. The molecule has 25 heavy (non-hydrogen) atoms. The van der Waals surface area contributed by atoms with Crippen LogP contribution in [0.3, 0.4) is 0 Å². The number of amides is 1. The zero-order valence-corrected chi connectivity index (χ0v) is 16.0. The third-order valence-electron chi connectivity index (χ3n) is 2.71. The number of benzene rings is 1. The van der Waals surface area contributed by atoms with E-state index in [1.807, 2.05) is 0 Å². The van der Waals surface area contributed by atoms with Gasteiger partial charge in [-0.1, -0.05) is 0 Å². The molecule has 1 aromatic heterocycles. The van der Waals surface area contributed by atoms with Gasteiger partial charge in [0.2, 0.25) is 0 Å². The molecule has 1 amide bonds. The van der Waals surface area contributed by atoms with Gasteiger partial charge in [-0.15, -0.1) is 11.3 Å². The van der Waals surface area contributed by atoms with Crippen LogP contribution in [0.5, 0.6) is 5.75 Å². The first-order valence-electron chi connectivity index (χ1n) is 6.65. The molecule has 0 aliphatic heterocycles. The number of para-hydroxylation sites is 1. The van der Waals surface area contributed by atoms with Gasteiger partial charge in [0.25, 0.3) is 0 Å². The number of hydrogen-bond donors (Lipinski definition) is 5. The van der Waals surface area contributed by atoms with Crippen molar-refractivity contribution in [2.75, 3.05) is 18.2 Å². The van der Waals surface area contributed by atoms with Gasteiger partial charge in [0.05, 0.1) is 5.00 Å². The molecule has 136 valence electrons. The summed E-state index contributed by atoms with van der Waals surface area (Å²) in [5.41, 5.74) is 5.35. The second kappa shape index (κ2) is 8.72. The molecule has 1 atom stereocenters. The molecule has 0 aliphatic carbocycles. The number of rotatable bonds is 4. The van der Waals surface area contributed by atoms with Gasteiger partial charge < -0.3 is 10.8 Å². The maximum atomic E-state index is 11.6. The Labute approximate surface area is 150 Å². The van der Waals surface area contributed by atoms with Crippen molar-refractivity contribution in [2.45, 2.75) is 6.92 Å². The SMILES string of the molecule is CO[As](=O)(O)c1cccc(NC(C)=O)c1O.Nc1ccc(C(=O)O)s1. The van der Waals surface area contributed by atoms with Crippen molar-refractivity contribution < 1.29 is 31.4 Å². The minimum atomic E-state index is -4.68. The molecule has 9 nitrogen and oxygen atoms in total. The van der Waals surface area contributed by atoms with Crippen molar-refractivity contribution in [2.24, 2.45) is 0 Å². The van der Waals surface area contributed by atoms with Crippen LogP contribution in [0.1, 0.15) is 16.6 Å². The fraction of sp³-hybridized carbons (Fsp3) is 0.143. The molecule has 0 bridgehead atoms. The number of nitrogen functional groups attached to an aromatic ring is 1. The topological polar surface area (TPSA) is 159 Å². The van der Waals surface area contributed by atoms with Gasteiger partial charge in [-0.3, -0.25) is 0 Å². The van der Waals surface area contributed by atoms with Crippen LogP contribution in [0.4, 0.5) is 10.7 Å². The van der Waals surface area contributed by atoms with Crippen molar-refractivity contribution in [3.8, 4) is 5.75 Å². The van der Waals surface area contributed by atoms with Crippen molar-refractivity contribution in [3.05, 3.63) is 35.2 Å². The first kappa shape index (κ1) is 20.8. The normalized spacial score (nSPS) is 12.4. The van der Waals surface area contributed by atoms with E-state index in [0.29, 0.717) is 5.00 Å². The van der Waals surface area contributed by atoms with Crippen molar-refractivity contribution >= 4 is 52.4 Å². The van der Waals surface area contributed by atoms with Gasteiger partial charge in [-0.2, -0.15) is 0 Å². The van der Waals surface area contributed by atoms with E-state index in [2.05, 4.69) is 9.04 Å². The molecule has 1 unspecified atom stereocenters. The van der Waals surface area contributed by atoms with E-state index in [-0.39, 0.29) is 20.8 Å². The summed E-state index contributed by atoms with van der Waals surface area (Å²) in [6.45, 7) is 1.27. The van der Waals surface area contributed by atoms with Gasteiger partial charge >= 0.3 is 101 Å². The molecular weight excluding hydrogens is 415 g/mol. The van der Waals surface area contributed by atoms with Crippen molar-refractivity contribution in [1.82, 2.24) is 0 Å². The minimum Gasteiger partial charge on any atom is -0.477 e. The van der Waals surface area contributed by atoms with E-state index >= 15 is 0 Å². The number of nitrogens with one attached hydrogen (secondary N) is 1. The number of phenols is 1. The van der Waals surface area contributed by atoms with Crippen LogP contribution < -0.4 is 15.4 Å². The molecule has 0 saturated carbocycles. The number of phenolic OH excluding ortho intramolecular Hbond substituents is 1. The predicted molar refractivity (Wildman–Crippen MR) is 93.4 cm³/mol. The quantitative estimate of drug-likeness (QED) is 0.347. The number of carboxylic acid groups (broad SMARTS) is 1. The van der Waals surface area contributed by atoms with Crippen molar-refractivity contribution in [1.29, 1.82) is 0 Å². The first-order chi connectivity index (χ1) is 11.6. The van der Waals surface area contributed by atoms with Crippen LogP contribution in [0, 0.1) is 0 Å². The van der Waals surface area contributed by atoms with Crippen LogP contribution in [0.15, 0.2) is 30.3 Å². The van der Waals surface area contributed by atoms with E-state index in [9.17, 15) is 22.5 Å². The molecular formula is C14H17AsN2O7S. The second-order valence-corrected chi connectivity index (χ2v) is 9.64. The summed E-state index contributed by atoms with van der Waals surface area (Å²) in [7, 11) is 1.09. The van der Waals surface area contributed by atoms with Gasteiger partial charge in [0.1, 0.15) is 4.88 Å². The third-order valence-corrected chi connectivity index (χ3v) is 6.69. The smallest absolute Gasteiger partial charge is 0.345 e. The Morgan fingerprint density at radius 1 is 1.28 bits per heavy atom. The van der Waals surface area contributed by atoms with Crippen LogP contribution in [0.25, 0.3) is 0 Å². The summed E-state index contributed by atoms with van der Waals surface area (Å²) in [5, 5.41) is 20.9. The first-order valence-corrected chi connectivity index (χ1v) is 10.8. The molecule has 1 aromatic carbocycles. The Morgan fingerprint density at radius 2 is 1.92 bits per heavy atom. The van der Waals surface area contributed by atoms with E-state index < -0.39 is 25.9 Å². The Bertz CT molecular complexity index is 821. The fourth-order valence-corrected chi connectivity index (χ4v) is 4.03. The number of anilines is 2. The Morgan fingerprint density at radius 3 is 2.32 bits per heavy atom. The molecule has 1 heterocycles. The minimum absolute atomic E-state index is 0.0812. The number of carboxylic acids is 1. The predicted octanol–water partition coefficient (Wildman–Crippen LogP) is 0.594. The molecule has 0 fully saturated rings. The molecule has 11 heteroatoms. The average molecular weight is 432 g/mol. The molecule has 2 rings (SSSR count). The average Bonchev–Trinajstić information content (AvgIpc) is 2.96. The molecule has 6 N–H and O–H groups in total. The van der Waals surface area contributed by atoms with Gasteiger partial charge in [-0.25, -0.2) is 4.79 Å². The maximum Gasteiger partial charge on any atom is 0.345 e. The van der Waals surface area contributed by atoms with Crippen molar-refractivity contribution in [3.63, 3.8) is 0 Å². The Hall–Kier alpha value is -2.26. The zero-order valence-electron chi connectivity index (χ0n) is 13.3. The largest absolute Gasteiger partial charge is 0.477 e. The summed E-state index contributed by atoms with van der Waals surface area (Å²) < 4.78 is 25.3. The summed E-state index contributed by atoms with van der Waals surface area (Å²) >= 11 is -3.61. The van der Waals surface area contributed by atoms with Gasteiger partial charge in [-0.05, 0) is 12.1 Å². The molecule has 0 aliphatic rings. The van der Waals surface area contributed by atoms with E-state index in [0.717, 1.165) is 18.4 Å². The number of aromatic carboxylic acids is 1. The van der Waals surface area contributed by atoms with E-state index in [4.69, 9.17) is 10.8 Å².